The summed E-state index contributed by atoms with van der Waals surface area (Å²) < 4.78 is 0. The van der Waals surface area contributed by atoms with Crippen LogP contribution in [0.5, 0.6) is 0 Å². The fraction of sp³-hybridized carbons (Fsp3) is 0.680. The molecule has 0 unspecified atom stereocenters. The van der Waals surface area contributed by atoms with E-state index in [1.54, 1.807) is 5.56 Å². The minimum Gasteiger partial charge on any atom is -0.103 e. The molecule has 2 aliphatic rings. The molecule has 138 valence electrons. The van der Waals surface area contributed by atoms with Crippen molar-refractivity contribution in [3.63, 3.8) is 0 Å². The van der Waals surface area contributed by atoms with Crippen LogP contribution in [0.15, 0.2) is 36.9 Å². The van der Waals surface area contributed by atoms with Gasteiger partial charge in [-0.1, -0.05) is 61.6 Å². The Balaban J connectivity index is 1.37. The fourth-order valence-electron chi connectivity index (χ4n) is 5.43. The van der Waals surface area contributed by atoms with Gasteiger partial charge in [0.25, 0.3) is 0 Å². The summed E-state index contributed by atoms with van der Waals surface area (Å²) >= 11 is 0. The minimum absolute atomic E-state index is 0.832. The van der Waals surface area contributed by atoms with Crippen LogP contribution in [-0.4, -0.2) is 0 Å². The van der Waals surface area contributed by atoms with Gasteiger partial charge < -0.3 is 0 Å². The van der Waals surface area contributed by atoms with Crippen molar-refractivity contribution in [3.05, 3.63) is 48.0 Å². The molecule has 0 aliphatic heterocycles. The molecule has 2 saturated carbocycles. The van der Waals surface area contributed by atoms with Crippen molar-refractivity contribution in [1.82, 2.24) is 0 Å². The summed E-state index contributed by atoms with van der Waals surface area (Å²) in [5.74, 6) is 3.94. The quantitative estimate of drug-likeness (QED) is 0.351. The molecule has 1 aromatic carbocycles. The van der Waals surface area contributed by atoms with Gasteiger partial charge >= 0.3 is 0 Å². The summed E-state index contributed by atoms with van der Waals surface area (Å²) in [6, 6.07) is 9.32. The van der Waals surface area contributed by atoms with E-state index in [2.05, 4.69) is 43.8 Å². The van der Waals surface area contributed by atoms with Crippen molar-refractivity contribution >= 4 is 0 Å². The van der Waals surface area contributed by atoms with Gasteiger partial charge in [-0.15, -0.1) is 6.58 Å². The Kier molecular flexibility index (Phi) is 7.20. The Hall–Kier alpha value is -1.04. The molecule has 0 atom stereocenters. The van der Waals surface area contributed by atoms with Crippen molar-refractivity contribution in [3.8, 4) is 0 Å². The molecule has 0 amide bonds. The molecule has 0 N–H and O–H groups in total. The maximum Gasteiger partial charge on any atom is -0.0162 e. The number of rotatable bonds is 7. The lowest BCUT2D eigenvalue weighted by molar-refractivity contribution is 0.155. The van der Waals surface area contributed by atoms with Crippen molar-refractivity contribution in [1.29, 1.82) is 0 Å². The van der Waals surface area contributed by atoms with Crippen molar-refractivity contribution in [2.75, 3.05) is 0 Å². The highest BCUT2D eigenvalue weighted by Crippen LogP contribution is 2.44. The molecule has 2 aliphatic carbocycles. The van der Waals surface area contributed by atoms with E-state index in [1.165, 1.54) is 82.6 Å². The largest absolute Gasteiger partial charge is 0.103 e. The van der Waals surface area contributed by atoms with E-state index in [1.807, 2.05) is 0 Å². The number of benzene rings is 1. The maximum atomic E-state index is 3.84. The lowest BCUT2D eigenvalue weighted by atomic mass is 9.68. The molecule has 0 spiro atoms. The minimum atomic E-state index is 0.832. The van der Waals surface area contributed by atoms with Crippen LogP contribution in [0.2, 0.25) is 0 Å². The first-order valence-corrected chi connectivity index (χ1v) is 10.9. The van der Waals surface area contributed by atoms with E-state index in [9.17, 15) is 0 Å². The highest BCUT2D eigenvalue weighted by atomic mass is 14.4. The van der Waals surface area contributed by atoms with E-state index in [4.69, 9.17) is 0 Å². The summed E-state index contributed by atoms with van der Waals surface area (Å²) in [5, 5.41) is 0. The van der Waals surface area contributed by atoms with Gasteiger partial charge in [0, 0.05) is 0 Å². The van der Waals surface area contributed by atoms with Crippen LogP contribution in [0.25, 0.3) is 0 Å². The molecule has 0 nitrogen and oxygen atoms in total. The van der Waals surface area contributed by atoms with Crippen molar-refractivity contribution in [2.24, 2.45) is 17.8 Å². The highest BCUT2D eigenvalue weighted by molar-refractivity contribution is 5.24. The van der Waals surface area contributed by atoms with Gasteiger partial charge in [0.2, 0.25) is 0 Å². The summed E-state index contributed by atoms with van der Waals surface area (Å²) in [6.45, 7) is 6.03. The molecule has 3 rings (SSSR count). The lowest BCUT2D eigenvalue weighted by Crippen LogP contribution is -2.25. The predicted octanol–water partition coefficient (Wildman–Crippen LogP) is 7.82. The third-order valence-electron chi connectivity index (χ3n) is 7.15. The van der Waals surface area contributed by atoms with Crippen LogP contribution in [0.3, 0.4) is 0 Å². The topological polar surface area (TPSA) is 0 Å². The fourth-order valence-corrected chi connectivity index (χ4v) is 5.43. The second kappa shape index (κ2) is 9.60. The number of aryl methyl sites for hydroxylation is 1. The molecule has 25 heavy (non-hydrogen) atoms. The third kappa shape index (κ3) is 5.47. The number of hydrogen-bond acceptors (Lipinski definition) is 0. The van der Waals surface area contributed by atoms with Crippen molar-refractivity contribution < 1.29 is 0 Å². The van der Waals surface area contributed by atoms with Gasteiger partial charge in [0.15, 0.2) is 0 Å². The molecule has 0 saturated heterocycles. The molecular weight excluding hydrogens is 300 g/mol. The normalized spacial score (nSPS) is 30.1. The standard InChI is InChI=1S/C25H38/c1-3-4-5-6-7-21-10-14-23(15-11-21)25-18-16-24(17-19-25)22-12-8-20(2)9-13-22/h3,8-9,12-13,21,23-25H,1,4-7,10-11,14-19H2,2H3/t21-,23-,24-,25-. The third-order valence-corrected chi connectivity index (χ3v) is 7.15. The number of allylic oxidation sites excluding steroid dienone is 1. The average Bonchev–Trinajstić information content (AvgIpc) is 2.67. The first kappa shape index (κ1) is 18.7. The van der Waals surface area contributed by atoms with E-state index in [0.717, 1.165) is 23.7 Å². The number of unbranched alkanes of at least 4 members (excludes halogenated alkanes) is 2. The molecule has 1 aromatic rings. The monoisotopic (exact) mass is 338 g/mol. The van der Waals surface area contributed by atoms with Crippen LogP contribution in [0.4, 0.5) is 0 Å². The van der Waals surface area contributed by atoms with Crippen LogP contribution in [0.1, 0.15) is 94.1 Å². The zero-order chi connectivity index (χ0) is 17.5. The first-order valence-electron chi connectivity index (χ1n) is 10.9. The van der Waals surface area contributed by atoms with Gasteiger partial charge in [-0.25, -0.2) is 0 Å². The van der Waals surface area contributed by atoms with E-state index >= 15 is 0 Å². The second-order valence-electron chi connectivity index (χ2n) is 8.88. The molecule has 0 heterocycles. The Bertz CT molecular complexity index is 495. The van der Waals surface area contributed by atoms with Crippen LogP contribution in [0, 0.1) is 24.7 Å². The lowest BCUT2D eigenvalue weighted by Gasteiger charge is -2.38. The SMILES string of the molecule is C=CCCCC[C@H]1CC[C@H]([C@H]2CC[C@H](c3ccc(C)cc3)CC2)CC1. The average molecular weight is 339 g/mol. The van der Waals surface area contributed by atoms with Gasteiger partial charge in [0.05, 0.1) is 0 Å². The van der Waals surface area contributed by atoms with E-state index in [-0.39, 0.29) is 0 Å². The van der Waals surface area contributed by atoms with E-state index in [0.29, 0.717) is 0 Å². The predicted molar refractivity (Wildman–Crippen MR) is 110 cm³/mol. The number of hydrogen-bond donors (Lipinski definition) is 0. The summed E-state index contributed by atoms with van der Waals surface area (Å²) in [5.41, 5.74) is 2.98. The first-order chi connectivity index (χ1) is 12.3. The van der Waals surface area contributed by atoms with Crippen LogP contribution < -0.4 is 0 Å². The van der Waals surface area contributed by atoms with Gasteiger partial charge in [-0.05, 0) is 87.5 Å². The Labute approximate surface area is 156 Å². The summed E-state index contributed by atoms with van der Waals surface area (Å²) in [6.07, 6.45) is 19.4. The molecule has 0 radical (unpaired) electrons. The Morgan fingerprint density at radius 2 is 1.44 bits per heavy atom. The zero-order valence-corrected chi connectivity index (χ0v) is 16.4. The molecule has 2 fully saturated rings. The van der Waals surface area contributed by atoms with Crippen molar-refractivity contribution in [2.45, 2.75) is 89.9 Å². The van der Waals surface area contributed by atoms with Gasteiger partial charge in [0.1, 0.15) is 0 Å². The smallest absolute Gasteiger partial charge is 0.0162 e. The Morgan fingerprint density at radius 1 is 0.840 bits per heavy atom. The maximum absolute atomic E-state index is 3.84. The second-order valence-corrected chi connectivity index (χ2v) is 8.88. The van der Waals surface area contributed by atoms with Gasteiger partial charge in [-0.2, -0.15) is 0 Å². The van der Waals surface area contributed by atoms with Crippen LogP contribution in [-0.2, 0) is 0 Å². The molecule has 0 heteroatoms. The van der Waals surface area contributed by atoms with Crippen LogP contribution >= 0.6 is 0 Å². The highest BCUT2D eigenvalue weighted by Gasteiger charge is 2.31. The molecule has 0 bridgehead atoms. The Morgan fingerprint density at radius 3 is 2.04 bits per heavy atom. The van der Waals surface area contributed by atoms with Gasteiger partial charge in [-0.3, -0.25) is 0 Å². The van der Waals surface area contributed by atoms with E-state index < -0.39 is 0 Å². The molecule has 0 aromatic heterocycles. The zero-order valence-electron chi connectivity index (χ0n) is 16.4. The molecular formula is C25H38. The summed E-state index contributed by atoms with van der Waals surface area (Å²) in [7, 11) is 0. The summed E-state index contributed by atoms with van der Waals surface area (Å²) in [4.78, 5) is 0.